The second-order valence-corrected chi connectivity index (χ2v) is 14.5. The molecule has 258 valence electrons. The first-order valence-corrected chi connectivity index (χ1v) is 19.0. The van der Waals surface area contributed by atoms with E-state index in [1.165, 1.54) is 5.56 Å². The van der Waals surface area contributed by atoms with Gasteiger partial charge in [-0.1, -0.05) is 55.8 Å². The number of likely N-dealkylation sites (N-methyl/N-ethyl adjacent to an activating group) is 1. The molecule has 3 aromatic carbocycles. The molecule has 0 saturated carbocycles. The topological polar surface area (TPSA) is 113 Å². The number of hydrogen-bond donors (Lipinski definition) is 2. The molecule has 0 bridgehead atoms. The second kappa shape index (κ2) is 15.8. The third-order valence-electron chi connectivity index (χ3n) is 9.11. The van der Waals surface area contributed by atoms with Crippen LogP contribution in [0.3, 0.4) is 0 Å². The number of benzene rings is 3. The predicted octanol–water partition coefficient (Wildman–Crippen LogP) is 6.80. The molecule has 5 rings (SSSR count). The number of Topliss-reactive ketones (excluding diaryl/α,β-unsaturated/α-hetero) is 1. The van der Waals surface area contributed by atoms with Crippen molar-refractivity contribution in [3.63, 3.8) is 0 Å². The third-order valence-corrected chi connectivity index (χ3v) is 9.84. The highest BCUT2D eigenvalue weighted by molar-refractivity contribution is 7.88. The molecule has 4 aromatic rings. The molecule has 1 aliphatic carbocycles. The highest BCUT2D eigenvalue weighted by Crippen LogP contribution is 2.37. The van der Waals surface area contributed by atoms with Crippen molar-refractivity contribution in [1.29, 1.82) is 0 Å². The molecule has 0 atom stereocenters. The van der Waals surface area contributed by atoms with Crippen LogP contribution < -0.4 is 14.9 Å². The lowest BCUT2D eigenvalue weighted by Gasteiger charge is -2.24. The molecule has 1 heterocycles. The van der Waals surface area contributed by atoms with E-state index in [4.69, 9.17) is 4.99 Å². The van der Waals surface area contributed by atoms with Crippen molar-refractivity contribution in [3.8, 4) is 11.3 Å². The van der Waals surface area contributed by atoms with E-state index >= 15 is 0 Å². The quantitative estimate of drug-likeness (QED) is 0.0814. The van der Waals surface area contributed by atoms with Gasteiger partial charge in [0.25, 0.3) is 5.91 Å². The molecule has 9 nitrogen and oxygen atoms in total. The number of nitrogens with one attached hydrogen (secondary N) is 2. The van der Waals surface area contributed by atoms with E-state index in [-0.39, 0.29) is 12.3 Å². The Bertz CT molecular complexity index is 1950. The fraction of sp³-hybridized carbons (Fsp3) is 0.359. The van der Waals surface area contributed by atoms with Gasteiger partial charge >= 0.3 is 0 Å². The number of hydrogen-bond acceptors (Lipinski definition) is 6. The fourth-order valence-electron chi connectivity index (χ4n) is 6.56. The number of aromatic nitrogens is 1. The number of anilines is 2. The molecule has 0 radical (unpaired) electrons. The SMILES string of the molecule is CCCCc1ccc(NC(=O)C(=Nc2ccc(N(CC)CCNS(C)(=O)=O)cc2C)C(=O)c2c3c(n(C)c2-c2ccccc2)CCC3)cc1. The summed E-state index contributed by atoms with van der Waals surface area (Å²) in [6.45, 7) is 7.48. The molecule has 1 aromatic heterocycles. The zero-order valence-corrected chi connectivity index (χ0v) is 30.0. The maximum Gasteiger partial charge on any atom is 0.278 e. The number of ketones is 1. The summed E-state index contributed by atoms with van der Waals surface area (Å²) in [6, 6.07) is 23.3. The van der Waals surface area contributed by atoms with Gasteiger partial charge in [-0.05, 0) is 98.5 Å². The molecule has 10 heteroatoms. The highest BCUT2D eigenvalue weighted by Gasteiger charge is 2.33. The first-order chi connectivity index (χ1) is 23.5. The Hall–Kier alpha value is -4.54. The van der Waals surface area contributed by atoms with Gasteiger partial charge in [0, 0.05) is 43.8 Å². The molecule has 0 spiro atoms. The minimum atomic E-state index is -3.30. The fourth-order valence-corrected chi connectivity index (χ4v) is 7.02. The summed E-state index contributed by atoms with van der Waals surface area (Å²) < 4.78 is 27.8. The Morgan fingerprint density at radius 2 is 1.71 bits per heavy atom. The molecule has 0 saturated heterocycles. The van der Waals surface area contributed by atoms with Gasteiger partial charge in [-0.25, -0.2) is 18.1 Å². The van der Waals surface area contributed by atoms with Gasteiger partial charge in [0.1, 0.15) is 0 Å². The maximum atomic E-state index is 14.8. The normalized spacial score (nSPS) is 13.0. The van der Waals surface area contributed by atoms with Gasteiger partial charge in [-0.15, -0.1) is 0 Å². The summed E-state index contributed by atoms with van der Waals surface area (Å²) in [5.74, 6) is -0.966. The van der Waals surface area contributed by atoms with Crippen LogP contribution in [0, 0.1) is 6.92 Å². The average molecular weight is 682 g/mol. The van der Waals surface area contributed by atoms with Crippen molar-refractivity contribution in [3.05, 3.63) is 101 Å². The Morgan fingerprint density at radius 1 is 0.980 bits per heavy atom. The van der Waals surface area contributed by atoms with Crippen molar-refractivity contribution in [2.75, 3.05) is 36.1 Å². The van der Waals surface area contributed by atoms with Crippen LogP contribution in [0.5, 0.6) is 0 Å². The van der Waals surface area contributed by atoms with E-state index in [9.17, 15) is 18.0 Å². The molecule has 1 amide bonds. The van der Waals surface area contributed by atoms with E-state index in [1.807, 2.05) is 93.7 Å². The summed E-state index contributed by atoms with van der Waals surface area (Å²) in [6.07, 6.45) is 6.89. The van der Waals surface area contributed by atoms with Gasteiger partial charge in [-0.2, -0.15) is 0 Å². The number of carbonyl (C=O) groups is 2. The van der Waals surface area contributed by atoms with E-state index in [1.54, 1.807) is 0 Å². The Labute approximate surface area is 290 Å². The summed E-state index contributed by atoms with van der Waals surface area (Å²) in [5, 5.41) is 2.96. The lowest BCUT2D eigenvalue weighted by Crippen LogP contribution is -2.34. The zero-order chi connectivity index (χ0) is 35.1. The highest BCUT2D eigenvalue weighted by atomic mass is 32.2. The van der Waals surface area contributed by atoms with E-state index < -0.39 is 21.7 Å². The van der Waals surface area contributed by atoms with Crippen LogP contribution >= 0.6 is 0 Å². The molecule has 49 heavy (non-hydrogen) atoms. The first-order valence-electron chi connectivity index (χ1n) is 17.1. The maximum absolute atomic E-state index is 14.8. The van der Waals surface area contributed by atoms with Crippen LogP contribution in [0.1, 0.15) is 65.9 Å². The number of amides is 1. The molecule has 1 aliphatic rings. The number of nitrogens with zero attached hydrogens (tertiary/aromatic N) is 3. The molecular weight excluding hydrogens is 635 g/mol. The minimum Gasteiger partial charge on any atom is -0.370 e. The van der Waals surface area contributed by atoms with Crippen LogP contribution in [0.2, 0.25) is 0 Å². The molecule has 0 fully saturated rings. The molecule has 0 unspecified atom stereocenters. The van der Waals surface area contributed by atoms with Crippen molar-refractivity contribution in [1.82, 2.24) is 9.29 Å². The average Bonchev–Trinajstić information content (AvgIpc) is 3.67. The molecule has 2 N–H and O–H groups in total. The smallest absolute Gasteiger partial charge is 0.278 e. The van der Waals surface area contributed by atoms with Gasteiger partial charge in [0.05, 0.1) is 23.2 Å². The summed E-state index contributed by atoms with van der Waals surface area (Å²) >= 11 is 0. The van der Waals surface area contributed by atoms with E-state index in [0.717, 1.165) is 78.5 Å². The number of sulfonamides is 1. The molecular formula is C39H47N5O4S. The minimum absolute atomic E-state index is 0.173. The van der Waals surface area contributed by atoms with Gasteiger partial charge in [0.15, 0.2) is 5.71 Å². The second-order valence-electron chi connectivity index (χ2n) is 12.7. The lowest BCUT2D eigenvalue weighted by molar-refractivity contribution is -0.110. The van der Waals surface area contributed by atoms with E-state index in [2.05, 4.69) is 26.4 Å². The van der Waals surface area contributed by atoms with Gasteiger partial charge < -0.3 is 14.8 Å². The lowest BCUT2D eigenvalue weighted by atomic mass is 9.96. The number of carbonyl (C=O) groups excluding carboxylic acids is 2. The first kappa shape index (κ1) is 35.8. The van der Waals surface area contributed by atoms with Crippen LogP contribution in [0.25, 0.3) is 11.3 Å². The van der Waals surface area contributed by atoms with Crippen molar-refractivity contribution in [2.45, 2.75) is 59.3 Å². The monoisotopic (exact) mass is 681 g/mol. The summed E-state index contributed by atoms with van der Waals surface area (Å²) in [5.41, 5.74) is 8.16. The van der Waals surface area contributed by atoms with Crippen LogP contribution in [-0.4, -0.2) is 56.3 Å². The number of rotatable bonds is 15. The summed E-state index contributed by atoms with van der Waals surface area (Å²) in [7, 11) is -1.30. The summed E-state index contributed by atoms with van der Waals surface area (Å²) in [4.78, 5) is 35.8. The number of unbranched alkanes of at least 4 members (excludes halogenated alkanes) is 1. The van der Waals surface area contributed by atoms with Crippen molar-refractivity contribution >= 4 is 44.5 Å². The standard InChI is InChI=1S/C39H47N5O4S/c1-6-8-13-28-18-20-30(21-19-28)41-39(46)36(42-33-23-22-31(26-27(33)3)44(7-2)25-24-40-49(5,47)48)38(45)35-32-16-12-17-34(32)43(4)37(35)29-14-10-9-11-15-29/h9-11,14-15,18-23,26,40H,6-8,12-13,16-17,24-25H2,1-5H3,(H,41,46). The van der Waals surface area contributed by atoms with E-state index in [0.29, 0.717) is 30.0 Å². The third kappa shape index (κ3) is 8.55. The van der Waals surface area contributed by atoms with Crippen LogP contribution in [0.15, 0.2) is 77.8 Å². The number of aliphatic imine (C=N–C) groups is 1. The van der Waals surface area contributed by atoms with Crippen LogP contribution in [-0.2, 0) is 41.1 Å². The molecule has 0 aliphatic heterocycles. The van der Waals surface area contributed by atoms with Gasteiger partial charge in [0.2, 0.25) is 15.8 Å². The van der Waals surface area contributed by atoms with Crippen molar-refractivity contribution in [2.24, 2.45) is 12.0 Å². The Balaban J connectivity index is 1.55. The largest absolute Gasteiger partial charge is 0.370 e. The van der Waals surface area contributed by atoms with Crippen LogP contribution in [0.4, 0.5) is 17.1 Å². The Morgan fingerprint density at radius 3 is 2.37 bits per heavy atom. The predicted molar refractivity (Wildman–Crippen MR) is 200 cm³/mol. The number of fused-ring (bicyclic) bond motifs is 1. The van der Waals surface area contributed by atoms with Crippen molar-refractivity contribution < 1.29 is 18.0 Å². The number of aryl methyl sites for hydroxylation is 2. The zero-order valence-electron chi connectivity index (χ0n) is 29.2. The van der Waals surface area contributed by atoms with Gasteiger partial charge in [-0.3, -0.25) is 9.59 Å². The Kier molecular flexibility index (Phi) is 11.5.